The lowest BCUT2D eigenvalue weighted by molar-refractivity contribution is -0.132. The molecule has 30 heavy (non-hydrogen) atoms. The first-order valence-electron chi connectivity index (χ1n) is 10.2. The Morgan fingerprint density at radius 3 is 2.53 bits per heavy atom. The molecule has 0 saturated heterocycles. The van der Waals surface area contributed by atoms with Crippen molar-refractivity contribution in [1.82, 2.24) is 0 Å². The third-order valence-corrected chi connectivity index (χ3v) is 5.59. The Balaban J connectivity index is 1.36. The maximum atomic E-state index is 13.0. The van der Waals surface area contributed by atoms with Crippen molar-refractivity contribution in [2.45, 2.75) is 44.8 Å². The van der Waals surface area contributed by atoms with Crippen LogP contribution in [-0.4, -0.2) is 24.0 Å². The summed E-state index contributed by atoms with van der Waals surface area (Å²) in [6, 6.07) is 12.8. The minimum atomic E-state index is -0.504. The van der Waals surface area contributed by atoms with E-state index in [1.54, 1.807) is 0 Å². The first-order valence-corrected chi connectivity index (χ1v) is 10.2. The summed E-state index contributed by atoms with van der Waals surface area (Å²) in [5.74, 6) is -0.532. The van der Waals surface area contributed by atoms with Gasteiger partial charge in [0.1, 0.15) is 30.0 Å². The lowest BCUT2D eigenvalue weighted by Gasteiger charge is -2.36. The van der Waals surface area contributed by atoms with Crippen molar-refractivity contribution in [3.63, 3.8) is 0 Å². The first-order chi connectivity index (χ1) is 14.5. The molecule has 4 rings (SSSR count). The highest BCUT2D eigenvalue weighted by molar-refractivity contribution is 5.96. The number of benzene rings is 2. The summed E-state index contributed by atoms with van der Waals surface area (Å²) in [6.07, 6.45) is 3.12. The van der Waals surface area contributed by atoms with Crippen LogP contribution in [-0.2, 0) is 20.7 Å². The number of hydrogen-bond acceptors (Lipinski definition) is 5. The van der Waals surface area contributed by atoms with Gasteiger partial charge in [-0.05, 0) is 61.2 Å². The molecule has 156 valence electrons. The average molecular weight is 410 g/mol. The third kappa shape index (κ3) is 4.37. The Morgan fingerprint density at radius 2 is 1.83 bits per heavy atom. The van der Waals surface area contributed by atoms with Crippen LogP contribution in [0.3, 0.4) is 0 Å². The Kier molecular flexibility index (Phi) is 5.84. The minimum Gasteiger partial charge on any atom is -0.493 e. The second-order valence-electron chi connectivity index (χ2n) is 7.57. The van der Waals surface area contributed by atoms with E-state index in [0.29, 0.717) is 30.6 Å². The molecule has 0 radical (unpaired) electrons. The Labute approximate surface area is 174 Å². The van der Waals surface area contributed by atoms with Crippen molar-refractivity contribution in [3.8, 4) is 5.75 Å². The SMILES string of the molecule is CCc1ccc(OC2=COC3CC(OC(=O)c4ccc(F)cc4)CCC3C2=O)cc1. The molecular formula is C24H23FO5. The van der Waals surface area contributed by atoms with E-state index in [1.807, 2.05) is 24.3 Å². The summed E-state index contributed by atoms with van der Waals surface area (Å²) < 4.78 is 30.1. The van der Waals surface area contributed by atoms with Crippen molar-refractivity contribution < 1.29 is 28.2 Å². The number of aryl methyl sites for hydroxylation is 1. The lowest BCUT2D eigenvalue weighted by Crippen LogP contribution is -2.43. The second-order valence-corrected chi connectivity index (χ2v) is 7.57. The van der Waals surface area contributed by atoms with E-state index in [9.17, 15) is 14.0 Å². The number of halogens is 1. The number of hydrogen-bond donors (Lipinski definition) is 0. The monoisotopic (exact) mass is 410 g/mol. The molecular weight excluding hydrogens is 387 g/mol. The van der Waals surface area contributed by atoms with Crippen LogP contribution < -0.4 is 4.74 Å². The highest BCUT2D eigenvalue weighted by atomic mass is 19.1. The molecule has 0 bridgehead atoms. The van der Waals surface area contributed by atoms with E-state index in [1.165, 1.54) is 36.1 Å². The number of rotatable bonds is 5. The smallest absolute Gasteiger partial charge is 0.338 e. The van der Waals surface area contributed by atoms with E-state index in [2.05, 4.69) is 6.92 Å². The lowest BCUT2D eigenvalue weighted by atomic mass is 9.80. The molecule has 0 N–H and O–H groups in total. The van der Waals surface area contributed by atoms with Crippen LogP contribution in [0, 0.1) is 11.7 Å². The molecule has 1 aliphatic carbocycles. The number of carbonyl (C=O) groups excluding carboxylic acids is 2. The van der Waals surface area contributed by atoms with Gasteiger partial charge in [0.05, 0.1) is 11.5 Å². The van der Waals surface area contributed by atoms with Gasteiger partial charge in [-0.25, -0.2) is 9.18 Å². The molecule has 3 unspecified atom stereocenters. The Bertz CT molecular complexity index is 949. The second kappa shape index (κ2) is 8.69. The van der Waals surface area contributed by atoms with Gasteiger partial charge < -0.3 is 14.2 Å². The van der Waals surface area contributed by atoms with E-state index < -0.39 is 11.8 Å². The maximum Gasteiger partial charge on any atom is 0.338 e. The summed E-state index contributed by atoms with van der Waals surface area (Å²) in [5, 5.41) is 0. The van der Waals surface area contributed by atoms with Crippen LogP contribution in [0.1, 0.15) is 42.1 Å². The molecule has 2 aromatic carbocycles. The van der Waals surface area contributed by atoms with Crippen LogP contribution in [0.4, 0.5) is 4.39 Å². The average Bonchev–Trinajstić information content (AvgIpc) is 2.76. The zero-order valence-electron chi connectivity index (χ0n) is 16.7. The van der Waals surface area contributed by atoms with Gasteiger partial charge in [0, 0.05) is 6.42 Å². The summed E-state index contributed by atoms with van der Waals surface area (Å²) in [6.45, 7) is 2.07. The molecule has 0 amide bonds. The number of fused-ring (bicyclic) bond motifs is 1. The number of esters is 1. The molecule has 5 nitrogen and oxygen atoms in total. The van der Waals surface area contributed by atoms with Crippen molar-refractivity contribution in [1.29, 1.82) is 0 Å². The van der Waals surface area contributed by atoms with Crippen LogP contribution in [0.15, 0.2) is 60.6 Å². The van der Waals surface area contributed by atoms with Gasteiger partial charge in [0.15, 0.2) is 0 Å². The standard InChI is InChI=1S/C24H23FO5/c1-2-15-3-9-18(10-4-15)29-22-14-28-21-13-19(11-12-20(21)23(22)26)30-24(27)16-5-7-17(25)8-6-16/h3-10,14,19-21H,2,11-13H2,1H3. The topological polar surface area (TPSA) is 61.8 Å². The van der Waals surface area contributed by atoms with Crippen LogP contribution in [0.5, 0.6) is 5.75 Å². The molecule has 1 heterocycles. The van der Waals surface area contributed by atoms with Crippen molar-refractivity contribution in [3.05, 3.63) is 77.5 Å². The normalized spacial score (nSPS) is 23.1. The fraction of sp³-hybridized carbons (Fsp3) is 0.333. The number of allylic oxidation sites excluding steroid dienone is 1. The highest BCUT2D eigenvalue weighted by Crippen LogP contribution is 2.35. The maximum absolute atomic E-state index is 13.0. The van der Waals surface area contributed by atoms with Crippen LogP contribution in [0.2, 0.25) is 0 Å². The summed E-state index contributed by atoms with van der Waals surface area (Å²) in [4.78, 5) is 25.1. The molecule has 0 aromatic heterocycles. The molecule has 1 saturated carbocycles. The zero-order chi connectivity index (χ0) is 21.1. The molecule has 0 spiro atoms. The van der Waals surface area contributed by atoms with E-state index in [-0.39, 0.29) is 29.7 Å². The summed E-state index contributed by atoms with van der Waals surface area (Å²) in [7, 11) is 0. The van der Waals surface area contributed by atoms with Crippen LogP contribution >= 0.6 is 0 Å². The van der Waals surface area contributed by atoms with Crippen LogP contribution in [0.25, 0.3) is 0 Å². The Hall–Kier alpha value is -3.15. The summed E-state index contributed by atoms with van der Waals surface area (Å²) >= 11 is 0. The fourth-order valence-corrected chi connectivity index (χ4v) is 3.84. The number of Topliss-reactive ketones (excluding diaryl/α,β-unsaturated/α-hetero) is 1. The van der Waals surface area contributed by atoms with Gasteiger partial charge in [-0.15, -0.1) is 0 Å². The quantitative estimate of drug-likeness (QED) is 0.674. The summed E-state index contributed by atoms with van der Waals surface area (Å²) in [5.41, 5.74) is 1.49. The van der Waals surface area contributed by atoms with E-state index >= 15 is 0 Å². The molecule has 6 heteroatoms. The zero-order valence-corrected chi connectivity index (χ0v) is 16.7. The predicted molar refractivity (Wildman–Crippen MR) is 107 cm³/mol. The first kappa shape index (κ1) is 20.1. The number of ketones is 1. The number of carbonyl (C=O) groups is 2. The van der Waals surface area contributed by atoms with Gasteiger partial charge in [-0.2, -0.15) is 0 Å². The van der Waals surface area contributed by atoms with Gasteiger partial charge >= 0.3 is 5.97 Å². The number of ether oxygens (including phenoxy) is 3. The van der Waals surface area contributed by atoms with Crippen molar-refractivity contribution in [2.75, 3.05) is 0 Å². The fourth-order valence-electron chi connectivity index (χ4n) is 3.84. The van der Waals surface area contributed by atoms with Gasteiger partial charge in [0.25, 0.3) is 0 Å². The molecule has 2 aromatic rings. The van der Waals surface area contributed by atoms with E-state index in [4.69, 9.17) is 14.2 Å². The third-order valence-electron chi connectivity index (χ3n) is 5.59. The van der Waals surface area contributed by atoms with Gasteiger partial charge in [0.2, 0.25) is 11.5 Å². The van der Waals surface area contributed by atoms with E-state index in [0.717, 1.165) is 6.42 Å². The minimum absolute atomic E-state index is 0.0888. The largest absolute Gasteiger partial charge is 0.493 e. The molecule has 3 atom stereocenters. The van der Waals surface area contributed by atoms with Crippen molar-refractivity contribution >= 4 is 11.8 Å². The molecule has 1 fully saturated rings. The molecule has 2 aliphatic rings. The Morgan fingerprint density at radius 1 is 1.10 bits per heavy atom. The highest BCUT2D eigenvalue weighted by Gasteiger charge is 2.42. The van der Waals surface area contributed by atoms with Gasteiger partial charge in [-0.3, -0.25) is 4.79 Å². The van der Waals surface area contributed by atoms with Gasteiger partial charge in [-0.1, -0.05) is 19.1 Å². The van der Waals surface area contributed by atoms with Crippen molar-refractivity contribution in [2.24, 2.45) is 5.92 Å². The predicted octanol–water partition coefficient (Wildman–Crippen LogP) is 4.60. The molecule has 1 aliphatic heterocycles.